The maximum absolute atomic E-state index is 12.4. The fourth-order valence-corrected chi connectivity index (χ4v) is 2.66. The van der Waals surface area contributed by atoms with Crippen LogP contribution < -0.4 is 5.73 Å². The Labute approximate surface area is 136 Å². The van der Waals surface area contributed by atoms with Crippen LogP contribution in [0.25, 0.3) is 0 Å². The van der Waals surface area contributed by atoms with Gasteiger partial charge in [0.25, 0.3) is 5.91 Å². The second-order valence-electron chi connectivity index (χ2n) is 6.05. The van der Waals surface area contributed by atoms with E-state index in [1.54, 1.807) is 28.0 Å². The summed E-state index contributed by atoms with van der Waals surface area (Å²) in [4.78, 5) is 28.2. The highest BCUT2D eigenvalue weighted by Crippen LogP contribution is 2.19. The van der Waals surface area contributed by atoms with E-state index in [1.807, 2.05) is 13.8 Å². The van der Waals surface area contributed by atoms with E-state index in [9.17, 15) is 14.7 Å². The number of hydrogen-bond acceptors (Lipinski definition) is 4. The number of nitrogens with two attached hydrogens (primary N) is 1. The summed E-state index contributed by atoms with van der Waals surface area (Å²) in [5.41, 5.74) is 6.30. The number of para-hydroxylation sites is 1. The fourth-order valence-electron chi connectivity index (χ4n) is 2.66. The molecule has 126 valence electrons. The van der Waals surface area contributed by atoms with Crippen LogP contribution in [0.4, 0.5) is 0 Å². The van der Waals surface area contributed by atoms with Gasteiger partial charge in [-0.05, 0) is 18.1 Å². The number of phenols is 1. The molecule has 0 aliphatic carbocycles. The summed E-state index contributed by atoms with van der Waals surface area (Å²) in [6, 6.07) is 6.02. The predicted molar refractivity (Wildman–Crippen MR) is 88.0 cm³/mol. The molecule has 2 rings (SSSR count). The molecule has 1 heterocycles. The third-order valence-electron chi connectivity index (χ3n) is 4.56. The molecule has 1 saturated heterocycles. The van der Waals surface area contributed by atoms with Gasteiger partial charge < -0.3 is 20.6 Å². The van der Waals surface area contributed by atoms with E-state index < -0.39 is 6.04 Å². The number of hydrogen-bond donors (Lipinski definition) is 2. The molecule has 6 heteroatoms. The molecule has 0 aromatic heterocycles. The molecule has 23 heavy (non-hydrogen) atoms. The molecular formula is C17H25N3O3. The highest BCUT2D eigenvalue weighted by Gasteiger charge is 2.29. The number of carbonyl (C=O) groups is 2. The molecule has 0 saturated carbocycles. The molecule has 1 aliphatic rings. The van der Waals surface area contributed by atoms with Crippen molar-refractivity contribution < 1.29 is 14.7 Å². The summed E-state index contributed by atoms with van der Waals surface area (Å²) in [6.45, 7) is 5.84. The molecule has 1 aromatic carbocycles. The molecule has 0 radical (unpaired) electrons. The van der Waals surface area contributed by atoms with Gasteiger partial charge in [0.2, 0.25) is 5.91 Å². The first-order chi connectivity index (χ1) is 11.0. The van der Waals surface area contributed by atoms with E-state index in [4.69, 9.17) is 5.73 Å². The molecule has 1 aromatic rings. The highest BCUT2D eigenvalue weighted by molar-refractivity contribution is 5.97. The van der Waals surface area contributed by atoms with Crippen LogP contribution in [0.3, 0.4) is 0 Å². The number of benzene rings is 1. The molecule has 6 nitrogen and oxygen atoms in total. The summed E-state index contributed by atoms with van der Waals surface area (Å²) in [5.74, 6) is -0.131. The number of piperazine rings is 1. The van der Waals surface area contributed by atoms with Crippen molar-refractivity contribution in [1.82, 2.24) is 9.80 Å². The second-order valence-corrected chi connectivity index (χ2v) is 6.05. The average Bonchev–Trinajstić information content (AvgIpc) is 2.59. The minimum absolute atomic E-state index is 0.0187. The Hall–Kier alpha value is -2.08. The SMILES string of the molecule is CCC(C)C(N)C(=O)N1CCN(C(=O)c2ccccc2O)CC1. The van der Waals surface area contributed by atoms with Gasteiger partial charge in [-0.3, -0.25) is 9.59 Å². The number of aromatic hydroxyl groups is 1. The zero-order valence-corrected chi connectivity index (χ0v) is 13.7. The lowest BCUT2D eigenvalue weighted by atomic mass is 9.98. The Bertz CT molecular complexity index is 568. The van der Waals surface area contributed by atoms with Crippen LogP contribution in [0.1, 0.15) is 30.6 Å². The van der Waals surface area contributed by atoms with E-state index in [-0.39, 0.29) is 23.5 Å². The van der Waals surface area contributed by atoms with Crippen molar-refractivity contribution in [1.29, 1.82) is 0 Å². The van der Waals surface area contributed by atoms with Crippen molar-refractivity contribution in [2.45, 2.75) is 26.3 Å². The third-order valence-corrected chi connectivity index (χ3v) is 4.56. The number of amides is 2. The van der Waals surface area contributed by atoms with Crippen LogP contribution in [0.2, 0.25) is 0 Å². The van der Waals surface area contributed by atoms with Crippen molar-refractivity contribution in [3.8, 4) is 5.75 Å². The Morgan fingerprint density at radius 2 is 1.74 bits per heavy atom. The van der Waals surface area contributed by atoms with Crippen molar-refractivity contribution in [3.05, 3.63) is 29.8 Å². The molecule has 1 aliphatic heterocycles. The second kappa shape index (κ2) is 7.46. The van der Waals surface area contributed by atoms with Gasteiger partial charge in [-0.25, -0.2) is 0 Å². The topological polar surface area (TPSA) is 86.9 Å². The number of phenolic OH excluding ortho intramolecular Hbond substituents is 1. The van der Waals surface area contributed by atoms with Gasteiger partial charge in [-0.2, -0.15) is 0 Å². The summed E-state index contributed by atoms with van der Waals surface area (Å²) < 4.78 is 0. The van der Waals surface area contributed by atoms with E-state index in [0.717, 1.165) is 6.42 Å². The molecular weight excluding hydrogens is 294 g/mol. The van der Waals surface area contributed by atoms with Crippen molar-refractivity contribution in [3.63, 3.8) is 0 Å². The van der Waals surface area contributed by atoms with Crippen LogP contribution in [0, 0.1) is 5.92 Å². The molecule has 2 atom stereocenters. The van der Waals surface area contributed by atoms with E-state index in [0.29, 0.717) is 31.7 Å². The maximum Gasteiger partial charge on any atom is 0.257 e. The summed E-state index contributed by atoms with van der Waals surface area (Å²) in [7, 11) is 0. The third kappa shape index (κ3) is 3.82. The lowest BCUT2D eigenvalue weighted by molar-refractivity contribution is -0.135. The maximum atomic E-state index is 12.4. The first-order valence-electron chi connectivity index (χ1n) is 8.07. The van der Waals surface area contributed by atoms with Gasteiger partial charge in [0, 0.05) is 26.2 Å². The fraction of sp³-hybridized carbons (Fsp3) is 0.529. The highest BCUT2D eigenvalue weighted by atomic mass is 16.3. The van der Waals surface area contributed by atoms with E-state index in [1.165, 1.54) is 6.07 Å². The van der Waals surface area contributed by atoms with Crippen LogP contribution >= 0.6 is 0 Å². The van der Waals surface area contributed by atoms with Gasteiger partial charge in [0.15, 0.2) is 0 Å². The molecule has 0 bridgehead atoms. The minimum Gasteiger partial charge on any atom is -0.507 e. The molecule has 3 N–H and O–H groups in total. The summed E-state index contributed by atoms with van der Waals surface area (Å²) >= 11 is 0. The zero-order valence-electron chi connectivity index (χ0n) is 13.7. The normalized spacial score (nSPS) is 17.7. The van der Waals surface area contributed by atoms with Crippen LogP contribution in [0.15, 0.2) is 24.3 Å². The lowest BCUT2D eigenvalue weighted by Crippen LogP contribution is -2.55. The zero-order chi connectivity index (χ0) is 17.0. The first-order valence-corrected chi connectivity index (χ1v) is 8.07. The predicted octanol–water partition coefficient (Wildman–Crippen LogP) is 1.05. The van der Waals surface area contributed by atoms with Crippen LogP contribution in [0.5, 0.6) is 5.75 Å². The quantitative estimate of drug-likeness (QED) is 0.868. The Morgan fingerprint density at radius 3 is 2.30 bits per heavy atom. The minimum atomic E-state index is -0.486. The van der Waals surface area contributed by atoms with Crippen molar-refractivity contribution in [2.75, 3.05) is 26.2 Å². The van der Waals surface area contributed by atoms with E-state index in [2.05, 4.69) is 0 Å². The Balaban J connectivity index is 1.95. The standard InChI is InChI=1S/C17H25N3O3/c1-3-12(2)15(18)17(23)20-10-8-19(9-11-20)16(22)13-6-4-5-7-14(13)21/h4-7,12,15,21H,3,8-11,18H2,1-2H3. The van der Waals surface area contributed by atoms with Gasteiger partial charge >= 0.3 is 0 Å². The van der Waals surface area contributed by atoms with Gasteiger partial charge in [0.05, 0.1) is 11.6 Å². The number of rotatable bonds is 4. The molecule has 0 spiro atoms. The monoisotopic (exact) mass is 319 g/mol. The van der Waals surface area contributed by atoms with Gasteiger partial charge in [-0.1, -0.05) is 32.4 Å². The van der Waals surface area contributed by atoms with Crippen molar-refractivity contribution in [2.24, 2.45) is 11.7 Å². The summed E-state index contributed by atoms with van der Waals surface area (Å²) in [6.07, 6.45) is 0.860. The van der Waals surface area contributed by atoms with Crippen molar-refractivity contribution >= 4 is 11.8 Å². The molecule has 2 amide bonds. The first kappa shape index (κ1) is 17.3. The smallest absolute Gasteiger partial charge is 0.257 e. The summed E-state index contributed by atoms with van der Waals surface area (Å²) in [5, 5.41) is 9.78. The van der Waals surface area contributed by atoms with Crippen LogP contribution in [-0.2, 0) is 4.79 Å². The molecule has 2 unspecified atom stereocenters. The molecule has 1 fully saturated rings. The largest absolute Gasteiger partial charge is 0.507 e. The van der Waals surface area contributed by atoms with Crippen LogP contribution in [-0.4, -0.2) is 58.9 Å². The average molecular weight is 319 g/mol. The van der Waals surface area contributed by atoms with Gasteiger partial charge in [0.1, 0.15) is 5.75 Å². The Kier molecular flexibility index (Phi) is 5.60. The number of carbonyl (C=O) groups excluding carboxylic acids is 2. The van der Waals surface area contributed by atoms with E-state index >= 15 is 0 Å². The lowest BCUT2D eigenvalue weighted by Gasteiger charge is -2.36. The Morgan fingerprint density at radius 1 is 1.17 bits per heavy atom. The van der Waals surface area contributed by atoms with Gasteiger partial charge in [-0.15, -0.1) is 0 Å². The number of nitrogens with zero attached hydrogens (tertiary/aromatic N) is 2.